The molecule has 0 radical (unpaired) electrons. The molecule has 0 atom stereocenters. The molecule has 0 bridgehead atoms. The van der Waals surface area contributed by atoms with Crippen LogP contribution in [0.1, 0.15) is 25.7 Å². The van der Waals surface area contributed by atoms with Crippen LogP contribution in [-0.4, -0.2) is 36.4 Å². The van der Waals surface area contributed by atoms with Gasteiger partial charge in [0.05, 0.1) is 0 Å². The molecule has 0 spiro atoms. The first kappa shape index (κ1) is 18.9. The molecule has 0 aromatic carbocycles. The van der Waals surface area contributed by atoms with Crippen LogP contribution < -0.4 is 21.3 Å². The van der Waals surface area contributed by atoms with Gasteiger partial charge in [0, 0.05) is 26.2 Å². The minimum Gasteiger partial charge on any atom is -0.363 e. The molecule has 0 aliphatic heterocycles. The SMILES string of the molecule is C=CCNC(=S)NCCCCCCNC(=S)NCC=C. The summed E-state index contributed by atoms with van der Waals surface area (Å²) in [6.07, 6.45) is 8.19. The summed E-state index contributed by atoms with van der Waals surface area (Å²) in [7, 11) is 0. The highest BCUT2D eigenvalue weighted by molar-refractivity contribution is 7.80. The molecule has 0 heterocycles. The van der Waals surface area contributed by atoms with Gasteiger partial charge < -0.3 is 21.3 Å². The lowest BCUT2D eigenvalue weighted by Crippen LogP contribution is -2.36. The Balaban J connectivity index is 3.24. The zero-order chi connectivity index (χ0) is 15.1. The van der Waals surface area contributed by atoms with Crippen LogP contribution in [0.2, 0.25) is 0 Å². The molecule has 4 N–H and O–H groups in total. The van der Waals surface area contributed by atoms with E-state index >= 15 is 0 Å². The standard InChI is InChI=1S/C14H26N4S2/c1-3-9-15-13(19)17-11-7-5-6-8-12-18-14(20)16-10-4-2/h3-4H,1-2,5-12H2,(H2,15,17,19)(H2,16,18,20). The van der Waals surface area contributed by atoms with Gasteiger partial charge >= 0.3 is 0 Å². The third kappa shape index (κ3) is 13.3. The highest BCUT2D eigenvalue weighted by Crippen LogP contribution is 1.97. The van der Waals surface area contributed by atoms with E-state index in [9.17, 15) is 0 Å². The van der Waals surface area contributed by atoms with Crippen LogP contribution in [0.15, 0.2) is 25.3 Å². The van der Waals surface area contributed by atoms with Gasteiger partial charge in [0.15, 0.2) is 10.2 Å². The van der Waals surface area contributed by atoms with Crippen molar-refractivity contribution in [2.75, 3.05) is 26.2 Å². The van der Waals surface area contributed by atoms with Gasteiger partial charge in [0.1, 0.15) is 0 Å². The number of rotatable bonds is 11. The van der Waals surface area contributed by atoms with Crippen molar-refractivity contribution in [1.82, 2.24) is 21.3 Å². The third-order valence-electron chi connectivity index (χ3n) is 2.49. The minimum absolute atomic E-state index is 0.699. The van der Waals surface area contributed by atoms with Gasteiger partial charge in [0.25, 0.3) is 0 Å². The van der Waals surface area contributed by atoms with Crippen molar-refractivity contribution in [2.24, 2.45) is 0 Å². The van der Waals surface area contributed by atoms with Crippen molar-refractivity contribution in [2.45, 2.75) is 25.7 Å². The Morgan fingerprint density at radius 1 is 0.700 bits per heavy atom. The van der Waals surface area contributed by atoms with Crippen LogP contribution in [-0.2, 0) is 0 Å². The van der Waals surface area contributed by atoms with Crippen molar-refractivity contribution >= 4 is 34.7 Å². The molecule has 20 heavy (non-hydrogen) atoms. The lowest BCUT2D eigenvalue weighted by molar-refractivity contribution is 0.621. The van der Waals surface area contributed by atoms with Gasteiger partial charge in [-0.15, -0.1) is 13.2 Å². The maximum absolute atomic E-state index is 5.09. The van der Waals surface area contributed by atoms with Gasteiger partial charge in [-0.25, -0.2) is 0 Å². The molecule has 0 saturated carbocycles. The molecule has 114 valence electrons. The fourth-order valence-corrected chi connectivity index (χ4v) is 1.83. The fraction of sp³-hybridized carbons (Fsp3) is 0.571. The molecule has 0 saturated heterocycles. The van der Waals surface area contributed by atoms with E-state index in [0.29, 0.717) is 23.3 Å². The lowest BCUT2D eigenvalue weighted by Gasteiger charge is -2.09. The summed E-state index contributed by atoms with van der Waals surface area (Å²) in [6, 6.07) is 0. The van der Waals surface area contributed by atoms with E-state index < -0.39 is 0 Å². The zero-order valence-electron chi connectivity index (χ0n) is 12.0. The molecular weight excluding hydrogens is 288 g/mol. The van der Waals surface area contributed by atoms with E-state index in [0.717, 1.165) is 25.9 Å². The number of hydrogen-bond donors (Lipinski definition) is 4. The first-order valence-corrected chi connectivity index (χ1v) is 7.77. The third-order valence-corrected chi connectivity index (χ3v) is 3.07. The molecule has 0 amide bonds. The first-order chi connectivity index (χ1) is 9.70. The van der Waals surface area contributed by atoms with Gasteiger partial charge in [0.2, 0.25) is 0 Å². The Morgan fingerprint density at radius 3 is 1.45 bits per heavy atom. The first-order valence-electron chi connectivity index (χ1n) is 6.96. The smallest absolute Gasteiger partial charge is 0.166 e. The molecule has 0 aromatic rings. The number of nitrogens with one attached hydrogen (secondary N) is 4. The summed E-state index contributed by atoms with van der Waals surface area (Å²) >= 11 is 10.2. The molecule has 4 nitrogen and oxygen atoms in total. The molecule has 0 aliphatic rings. The molecule has 0 aromatic heterocycles. The highest BCUT2D eigenvalue weighted by Gasteiger charge is 1.95. The summed E-state index contributed by atoms with van der Waals surface area (Å²) in [4.78, 5) is 0. The Kier molecular flexibility index (Phi) is 13.5. The normalized spacial score (nSPS) is 9.40. The van der Waals surface area contributed by atoms with Crippen molar-refractivity contribution < 1.29 is 0 Å². The van der Waals surface area contributed by atoms with Crippen molar-refractivity contribution in [3.63, 3.8) is 0 Å². The number of unbranched alkanes of at least 4 members (excludes halogenated alkanes) is 3. The number of thiocarbonyl (C=S) groups is 2. The highest BCUT2D eigenvalue weighted by atomic mass is 32.1. The Hall–Kier alpha value is -1.14. The van der Waals surface area contributed by atoms with Crippen LogP contribution in [0.5, 0.6) is 0 Å². The summed E-state index contributed by atoms with van der Waals surface area (Å²) in [5.41, 5.74) is 0. The summed E-state index contributed by atoms with van der Waals surface area (Å²) in [5, 5.41) is 13.8. The molecule has 6 heteroatoms. The van der Waals surface area contributed by atoms with Gasteiger partial charge in [-0.3, -0.25) is 0 Å². The van der Waals surface area contributed by atoms with Crippen LogP contribution in [0.25, 0.3) is 0 Å². The molecular formula is C14H26N4S2. The Bertz CT molecular complexity index is 276. The second kappa shape index (κ2) is 14.3. The predicted octanol–water partition coefficient (Wildman–Crippen LogP) is 1.85. The van der Waals surface area contributed by atoms with Crippen molar-refractivity contribution in [3.8, 4) is 0 Å². The molecule has 0 fully saturated rings. The van der Waals surface area contributed by atoms with Gasteiger partial charge in [-0.1, -0.05) is 25.0 Å². The largest absolute Gasteiger partial charge is 0.363 e. The predicted molar refractivity (Wildman–Crippen MR) is 96.1 cm³/mol. The Labute approximate surface area is 133 Å². The average Bonchev–Trinajstić information content (AvgIpc) is 2.45. The van der Waals surface area contributed by atoms with Crippen LogP contribution >= 0.6 is 24.4 Å². The molecule has 0 rings (SSSR count). The Morgan fingerprint density at radius 2 is 1.10 bits per heavy atom. The minimum atomic E-state index is 0.699. The van der Waals surface area contributed by atoms with E-state index in [2.05, 4.69) is 34.4 Å². The summed E-state index contributed by atoms with van der Waals surface area (Å²) in [6.45, 7) is 10.5. The van der Waals surface area contributed by atoms with E-state index in [4.69, 9.17) is 24.4 Å². The molecule has 0 unspecified atom stereocenters. The maximum Gasteiger partial charge on any atom is 0.166 e. The number of hydrogen-bond acceptors (Lipinski definition) is 2. The maximum atomic E-state index is 5.09. The molecule has 0 aliphatic carbocycles. The fourth-order valence-electron chi connectivity index (χ4n) is 1.46. The van der Waals surface area contributed by atoms with Crippen LogP contribution in [0.3, 0.4) is 0 Å². The van der Waals surface area contributed by atoms with E-state index in [-0.39, 0.29) is 0 Å². The van der Waals surface area contributed by atoms with Crippen LogP contribution in [0.4, 0.5) is 0 Å². The monoisotopic (exact) mass is 314 g/mol. The van der Waals surface area contributed by atoms with Gasteiger partial charge in [-0.2, -0.15) is 0 Å². The average molecular weight is 315 g/mol. The lowest BCUT2D eigenvalue weighted by atomic mass is 10.2. The van der Waals surface area contributed by atoms with Crippen molar-refractivity contribution in [1.29, 1.82) is 0 Å². The second-order valence-electron chi connectivity index (χ2n) is 4.27. The van der Waals surface area contributed by atoms with E-state index in [1.54, 1.807) is 12.2 Å². The van der Waals surface area contributed by atoms with E-state index in [1.165, 1.54) is 12.8 Å². The van der Waals surface area contributed by atoms with E-state index in [1.807, 2.05) is 0 Å². The second-order valence-corrected chi connectivity index (χ2v) is 5.08. The topological polar surface area (TPSA) is 48.1 Å². The van der Waals surface area contributed by atoms with Crippen molar-refractivity contribution in [3.05, 3.63) is 25.3 Å². The van der Waals surface area contributed by atoms with Crippen LogP contribution in [0, 0.1) is 0 Å². The summed E-state index contributed by atoms with van der Waals surface area (Å²) in [5.74, 6) is 0. The zero-order valence-corrected chi connectivity index (χ0v) is 13.7. The quantitative estimate of drug-likeness (QED) is 0.265. The van der Waals surface area contributed by atoms with Gasteiger partial charge in [-0.05, 0) is 37.3 Å². The summed E-state index contributed by atoms with van der Waals surface area (Å²) < 4.78 is 0.